The second-order valence-corrected chi connectivity index (χ2v) is 7.14. The van der Waals surface area contributed by atoms with Crippen LogP contribution in [0, 0.1) is 23.7 Å². The minimum Gasteiger partial charge on any atom is -0.369 e. The summed E-state index contributed by atoms with van der Waals surface area (Å²) >= 11 is 0. The van der Waals surface area contributed by atoms with Crippen molar-refractivity contribution in [2.75, 3.05) is 0 Å². The van der Waals surface area contributed by atoms with Crippen molar-refractivity contribution in [2.24, 2.45) is 23.7 Å². The third kappa shape index (κ3) is 1.94. The topological polar surface area (TPSA) is 25.1 Å². The molecule has 0 N–H and O–H groups in total. The van der Waals surface area contributed by atoms with E-state index in [1.54, 1.807) is 0 Å². The first-order valence-electron chi connectivity index (χ1n) is 7.51. The van der Waals surface area contributed by atoms with Gasteiger partial charge in [-0.25, -0.2) is 0 Å². The molecule has 2 heteroatoms. The molecule has 8 unspecified atom stereocenters. The Morgan fingerprint density at radius 2 is 1.24 bits per heavy atom. The highest BCUT2D eigenvalue weighted by molar-refractivity contribution is 4.99. The largest absolute Gasteiger partial charge is 0.369 e. The Morgan fingerprint density at radius 3 is 1.65 bits per heavy atom. The van der Waals surface area contributed by atoms with Crippen molar-refractivity contribution in [1.82, 2.24) is 0 Å². The maximum absolute atomic E-state index is 5.74. The lowest BCUT2D eigenvalue weighted by Gasteiger charge is -2.30. The van der Waals surface area contributed by atoms with Crippen LogP contribution in [-0.2, 0) is 9.47 Å². The maximum Gasteiger partial charge on any atom is 0.0867 e. The summed E-state index contributed by atoms with van der Waals surface area (Å²) in [5, 5.41) is 0. The van der Waals surface area contributed by atoms with Crippen LogP contribution in [0.4, 0.5) is 0 Å². The Labute approximate surface area is 104 Å². The van der Waals surface area contributed by atoms with Gasteiger partial charge in [-0.05, 0) is 55.8 Å². The summed E-state index contributed by atoms with van der Waals surface area (Å²) in [7, 11) is 0. The summed E-state index contributed by atoms with van der Waals surface area (Å²) < 4.78 is 11.5. The zero-order chi connectivity index (χ0) is 11.6. The summed E-state index contributed by atoms with van der Waals surface area (Å²) in [5.41, 5.74) is 0. The number of fused-ring (bicyclic) bond motifs is 2. The Morgan fingerprint density at radius 1 is 0.765 bits per heavy atom. The lowest BCUT2D eigenvalue weighted by molar-refractivity contribution is 0.221. The van der Waals surface area contributed by atoms with Crippen LogP contribution in [-0.4, -0.2) is 24.4 Å². The standard InChI is InChI=1S/C15H24O2/c1-8-3-10(6-12-14(8)16-12)5-11-4-9(2)15-13(7-11)17-15/h8-15H,3-7H2,1-2H3. The molecule has 2 heterocycles. The minimum atomic E-state index is 0.632. The molecule has 17 heavy (non-hydrogen) atoms. The van der Waals surface area contributed by atoms with Gasteiger partial charge in [0.1, 0.15) is 0 Å². The fourth-order valence-corrected chi connectivity index (χ4v) is 4.72. The van der Waals surface area contributed by atoms with Crippen molar-refractivity contribution in [3.8, 4) is 0 Å². The zero-order valence-corrected chi connectivity index (χ0v) is 11.0. The molecule has 2 saturated heterocycles. The average Bonchev–Trinajstić information content (AvgIpc) is 3.07. The van der Waals surface area contributed by atoms with E-state index >= 15 is 0 Å². The van der Waals surface area contributed by atoms with Gasteiger partial charge in [-0.1, -0.05) is 13.8 Å². The van der Waals surface area contributed by atoms with E-state index in [2.05, 4.69) is 13.8 Å². The minimum absolute atomic E-state index is 0.632. The molecular formula is C15H24O2. The van der Waals surface area contributed by atoms with Crippen molar-refractivity contribution in [2.45, 2.75) is 70.4 Å². The maximum atomic E-state index is 5.74. The van der Waals surface area contributed by atoms with Crippen LogP contribution < -0.4 is 0 Å². The van der Waals surface area contributed by atoms with Crippen LogP contribution in [0.25, 0.3) is 0 Å². The third-order valence-electron chi connectivity index (χ3n) is 5.57. The van der Waals surface area contributed by atoms with E-state index in [1.165, 1.54) is 32.1 Å². The summed E-state index contributed by atoms with van der Waals surface area (Å²) in [6, 6.07) is 0. The van der Waals surface area contributed by atoms with Gasteiger partial charge in [-0.3, -0.25) is 0 Å². The van der Waals surface area contributed by atoms with Gasteiger partial charge in [0.25, 0.3) is 0 Å². The van der Waals surface area contributed by atoms with E-state index in [9.17, 15) is 0 Å². The van der Waals surface area contributed by atoms with E-state index < -0.39 is 0 Å². The number of hydrogen-bond donors (Lipinski definition) is 0. The van der Waals surface area contributed by atoms with Crippen LogP contribution in [0.1, 0.15) is 46.0 Å². The highest BCUT2D eigenvalue weighted by Gasteiger charge is 2.51. The molecular weight excluding hydrogens is 212 g/mol. The van der Waals surface area contributed by atoms with Crippen LogP contribution in [0.2, 0.25) is 0 Å². The molecule has 2 aliphatic heterocycles. The van der Waals surface area contributed by atoms with Gasteiger partial charge in [0, 0.05) is 0 Å². The zero-order valence-electron chi connectivity index (χ0n) is 11.0. The van der Waals surface area contributed by atoms with Gasteiger partial charge >= 0.3 is 0 Å². The summed E-state index contributed by atoms with van der Waals surface area (Å²) in [5.74, 6) is 3.48. The predicted molar refractivity (Wildman–Crippen MR) is 65.7 cm³/mol. The monoisotopic (exact) mass is 236 g/mol. The summed E-state index contributed by atoms with van der Waals surface area (Å²) in [4.78, 5) is 0. The van der Waals surface area contributed by atoms with Gasteiger partial charge in [0.2, 0.25) is 0 Å². The molecule has 2 saturated carbocycles. The molecule has 8 atom stereocenters. The Bertz CT molecular complexity index is 286. The summed E-state index contributed by atoms with van der Waals surface area (Å²) in [6.45, 7) is 4.75. The number of epoxide rings is 2. The Kier molecular flexibility index (Phi) is 2.36. The van der Waals surface area contributed by atoms with Crippen LogP contribution >= 0.6 is 0 Å². The fraction of sp³-hybridized carbons (Fsp3) is 1.00. The lowest BCUT2D eigenvalue weighted by atomic mass is 9.73. The molecule has 0 aromatic carbocycles. The molecule has 96 valence electrons. The van der Waals surface area contributed by atoms with E-state index in [0.717, 1.165) is 23.7 Å². The molecule has 0 spiro atoms. The number of ether oxygens (including phenoxy) is 2. The fourth-order valence-electron chi connectivity index (χ4n) is 4.72. The van der Waals surface area contributed by atoms with Crippen molar-refractivity contribution < 1.29 is 9.47 Å². The van der Waals surface area contributed by atoms with E-state index in [1.807, 2.05) is 0 Å². The van der Waals surface area contributed by atoms with Gasteiger partial charge < -0.3 is 9.47 Å². The van der Waals surface area contributed by atoms with Gasteiger partial charge in [-0.2, -0.15) is 0 Å². The molecule has 4 rings (SSSR count). The van der Waals surface area contributed by atoms with Crippen LogP contribution in [0.5, 0.6) is 0 Å². The average molecular weight is 236 g/mol. The highest BCUT2D eigenvalue weighted by Crippen LogP contribution is 2.49. The van der Waals surface area contributed by atoms with E-state index in [-0.39, 0.29) is 0 Å². The lowest BCUT2D eigenvalue weighted by Crippen LogP contribution is -2.27. The highest BCUT2D eigenvalue weighted by atomic mass is 16.6. The molecule has 0 bridgehead atoms. The third-order valence-corrected chi connectivity index (χ3v) is 5.57. The molecule has 0 amide bonds. The molecule has 0 aromatic rings. The Balaban J connectivity index is 1.34. The van der Waals surface area contributed by atoms with Gasteiger partial charge in [0.15, 0.2) is 0 Å². The van der Waals surface area contributed by atoms with Crippen LogP contribution in [0.3, 0.4) is 0 Å². The predicted octanol–water partition coefficient (Wildman–Crippen LogP) is 3.00. The number of hydrogen-bond acceptors (Lipinski definition) is 2. The molecule has 2 nitrogen and oxygen atoms in total. The second-order valence-electron chi connectivity index (χ2n) is 7.14. The smallest absolute Gasteiger partial charge is 0.0867 e. The second kappa shape index (κ2) is 3.71. The molecule has 4 aliphatic rings. The van der Waals surface area contributed by atoms with Crippen molar-refractivity contribution in [3.05, 3.63) is 0 Å². The summed E-state index contributed by atoms with van der Waals surface area (Å²) in [6.07, 6.45) is 9.46. The molecule has 4 fully saturated rings. The van der Waals surface area contributed by atoms with E-state index in [4.69, 9.17) is 9.47 Å². The van der Waals surface area contributed by atoms with Gasteiger partial charge in [0.05, 0.1) is 24.4 Å². The first kappa shape index (κ1) is 10.8. The van der Waals surface area contributed by atoms with Gasteiger partial charge in [-0.15, -0.1) is 0 Å². The quantitative estimate of drug-likeness (QED) is 0.689. The SMILES string of the molecule is CC1CC(CC2CC(C)C3OC3C2)CC2OC12. The van der Waals surface area contributed by atoms with Crippen LogP contribution in [0.15, 0.2) is 0 Å². The van der Waals surface area contributed by atoms with Crippen molar-refractivity contribution >= 4 is 0 Å². The first-order valence-corrected chi connectivity index (χ1v) is 7.51. The normalized spacial score (nSPS) is 60.4. The molecule has 2 aliphatic carbocycles. The number of rotatable bonds is 2. The molecule has 0 aromatic heterocycles. The Hall–Kier alpha value is -0.0800. The molecule has 0 radical (unpaired) electrons. The van der Waals surface area contributed by atoms with Crippen molar-refractivity contribution in [1.29, 1.82) is 0 Å². The van der Waals surface area contributed by atoms with E-state index in [0.29, 0.717) is 24.4 Å². The van der Waals surface area contributed by atoms with Crippen molar-refractivity contribution in [3.63, 3.8) is 0 Å². The first-order chi connectivity index (χ1) is 8.20.